The topological polar surface area (TPSA) is 111 Å². The summed E-state index contributed by atoms with van der Waals surface area (Å²) in [5.41, 5.74) is 2.67. The molecule has 0 radical (unpaired) electrons. The zero-order valence-corrected chi connectivity index (χ0v) is 31.7. The van der Waals surface area contributed by atoms with Gasteiger partial charge in [-0.1, -0.05) is 107 Å². The van der Waals surface area contributed by atoms with Crippen LogP contribution in [0, 0.1) is 0 Å². The molecule has 1 saturated heterocycles. The Labute approximate surface area is 308 Å². The highest BCUT2D eigenvalue weighted by Crippen LogP contribution is 2.40. The van der Waals surface area contributed by atoms with Crippen molar-refractivity contribution in [3.05, 3.63) is 76.7 Å². The predicted octanol–water partition coefficient (Wildman–Crippen LogP) is 8.31. The van der Waals surface area contributed by atoms with Gasteiger partial charge in [0.05, 0.1) is 25.6 Å². The van der Waals surface area contributed by atoms with E-state index >= 15 is 0 Å². The fourth-order valence-corrected chi connectivity index (χ4v) is 6.29. The quantitative estimate of drug-likeness (QED) is 0.0741. The summed E-state index contributed by atoms with van der Waals surface area (Å²) in [5.74, 6) is -1.43. The minimum atomic E-state index is -1.04. The first-order valence-corrected chi connectivity index (χ1v) is 19.0. The van der Waals surface area contributed by atoms with Gasteiger partial charge < -0.3 is 28.4 Å². The molecule has 0 spiro atoms. The highest BCUT2D eigenvalue weighted by Gasteiger charge is 2.49. The molecule has 10 nitrogen and oxygen atoms in total. The number of ether oxygens (including phenoxy) is 6. The molecular formula is C40H56ClN3O7. The molecule has 2 heterocycles. The van der Waals surface area contributed by atoms with Gasteiger partial charge in [0, 0.05) is 37.0 Å². The average Bonchev–Trinajstić information content (AvgIpc) is 3.16. The molecule has 3 aromatic rings. The Morgan fingerprint density at radius 1 is 0.824 bits per heavy atom. The van der Waals surface area contributed by atoms with E-state index in [1.165, 1.54) is 7.11 Å². The average molecular weight is 726 g/mol. The van der Waals surface area contributed by atoms with E-state index in [9.17, 15) is 4.79 Å². The molecule has 0 aliphatic carbocycles. The van der Waals surface area contributed by atoms with Crippen LogP contribution in [-0.2, 0) is 33.2 Å². The summed E-state index contributed by atoms with van der Waals surface area (Å²) < 4.78 is 38.4. The van der Waals surface area contributed by atoms with Crippen LogP contribution in [0.15, 0.2) is 54.7 Å². The molecule has 1 unspecified atom stereocenters. The zero-order chi connectivity index (χ0) is 36.4. The maximum Gasteiger partial charge on any atom is 0.321 e. The monoisotopic (exact) mass is 725 g/mol. The van der Waals surface area contributed by atoms with Crippen LogP contribution < -0.4 is 0 Å². The van der Waals surface area contributed by atoms with Crippen molar-refractivity contribution < 1.29 is 33.2 Å². The van der Waals surface area contributed by atoms with Gasteiger partial charge in [-0.3, -0.25) is 4.79 Å². The molecule has 0 N–H and O–H groups in total. The SMILES string of the molecule is CCCCOC[C@H]1O[C@@H](c2ccc(Cl)c(C(C(=O)OC)c3nncc(-c4ccccc4)n3)c2)[C@H](OCCCC)[C@@H](OCCCC)[C@@H]1OCCCC. The Hall–Kier alpha value is -2.99. The number of aromatic nitrogens is 3. The second kappa shape index (κ2) is 22.2. The highest BCUT2D eigenvalue weighted by molar-refractivity contribution is 6.31. The standard InChI is InChI=1S/C40H56ClN3O7/c1-6-10-21-47-27-33-36(48-22-11-7-2)38(50-24-13-9-4)37(49-23-12-8-3)35(51-33)29-19-20-31(41)30(25-29)34(40(45)46-5)39-43-32(26-42-44-39)28-17-15-14-16-18-28/h14-20,25-26,33-38H,6-13,21-24,27H2,1-5H3/t33-,34?,35+,36-,37+,38+/m1/s1. The van der Waals surface area contributed by atoms with Crippen molar-refractivity contribution in [2.24, 2.45) is 0 Å². The van der Waals surface area contributed by atoms with Crippen LogP contribution in [0.5, 0.6) is 0 Å². The van der Waals surface area contributed by atoms with Crippen LogP contribution in [0.4, 0.5) is 0 Å². The van der Waals surface area contributed by atoms with Crippen LogP contribution in [0.3, 0.4) is 0 Å². The smallest absolute Gasteiger partial charge is 0.321 e. The van der Waals surface area contributed by atoms with Crippen LogP contribution in [0.1, 0.15) is 108 Å². The largest absolute Gasteiger partial charge is 0.468 e. The fourth-order valence-electron chi connectivity index (χ4n) is 6.06. The molecule has 1 fully saturated rings. The lowest BCUT2D eigenvalue weighted by Gasteiger charge is -2.46. The van der Waals surface area contributed by atoms with Gasteiger partial charge in [0.25, 0.3) is 0 Å². The number of esters is 1. The maximum atomic E-state index is 13.5. The van der Waals surface area contributed by atoms with E-state index in [1.54, 1.807) is 12.3 Å². The Morgan fingerprint density at radius 2 is 1.45 bits per heavy atom. The van der Waals surface area contributed by atoms with Crippen molar-refractivity contribution in [3.8, 4) is 11.3 Å². The highest BCUT2D eigenvalue weighted by atomic mass is 35.5. The number of carbonyl (C=O) groups is 1. The number of unbranched alkanes of at least 4 members (excludes halogenated alkanes) is 4. The maximum absolute atomic E-state index is 13.5. The van der Waals surface area contributed by atoms with Gasteiger partial charge in [0.1, 0.15) is 36.4 Å². The second-order valence-corrected chi connectivity index (χ2v) is 13.3. The summed E-state index contributed by atoms with van der Waals surface area (Å²) in [7, 11) is 1.34. The normalized spacial score (nSPS) is 21.0. The van der Waals surface area contributed by atoms with Gasteiger partial charge in [0.15, 0.2) is 5.82 Å². The Bertz CT molecular complexity index is 1450. The van der Waals surface area contributed by atoms with Gasteiger partial charge in [-0.25, -0.2) is 4.98 Å². The van der Waals surface area contributed by atoms with Gasteiger partial charge >= 0.3 is 5.97 Å². The van der Waals surface area contributed by atoms with Gasteiger partial charge in [-0.2, -0.15) is 5.10 Å². The van der Waals surface area contributed by atoms with Crippen molar-refractivity contribution in [3.63, 3.8) is 0 Å². The third kappa shape index (κ3) is 11.5. The number of carbonyl (C=O) groups excluding carboxylic acids is 1. The second-order valence-electron chi connectivity index (χ2n) is 12.9. The van der Waals surface area contributed by atoms with Crippen molar-refractivity contribution >= 4 is 17.6 Å². The molecule has 0 bridgehead atoms. The van der Waals surface area contributed by atoms with E-state index in [0.29, 0.717) is 49.3 Å². The molecule has 2 aromatic carbocycles. The summed E-state index contributed by atoms with van der Waals surface area (Å²) in [4.78, 5) is 18.3. The van der Waals surface area contributed by atoms with E-state index in [4.69, 9.17) is 45.0 Å². The third-order valence-electron chi connectivity index (χ3n) is 8.98. The summed E-state index contributed by atoms with van der Waals surface area (Å²) in [6.07, 6.45) is 6.92. The Balaban J connectivity index is 1.79. The van der Waals surface area contributed by atoms with Gasteiger partial charge in [-0.05, 0) is 42.9 Å². The molecule has 6 atom stereocenters. The number of nitrogens with zero attached hydrogens (tertiary/aromatic N) is 3. The summed E-state index contributed by atoms with van der Waals surface area (Å²) >= 11 is 6.89. The first-order chi connectivity index (χ1) is 25.0. The van der Waals surface area contributed by atoms with Crippen LogP contribution in [0.25, 0.3) is 11.3 Å². The molecule has 1 aliphatic rings. The van der Waals surface area contributed by atoms with E-state index < -0.39 is 42.4 Å². The number of hydrogen-bond donors (Lipinski definition) is 0. The third-order valence-corrected chi connectivity index (χ3v) is 9.33. The first kappa shape index (κ1) is 40.8. The first-order valence-electron chi connectivity index (χ1n) is 18.7. The summed E-state index contributed by atoms with van der Waals surface area (Å²) in [5, 5.41) is 8.85. The molecular weight excluding hydrogens is 670 g/mol. The predicted molar refractivity (Wildman–Crippen MR) is 198 cm³/mol. The molecule has 51 heavy (non-hydrogen) atoms. The summed E-state index contributed by atoms with van der Waals surface area (Å²) in [6, 6.07) is 15.2. The number of benzene rings is 2. The number of hydrogen-bond acceptors (Lipinski definition) is 10. The Kier molecular flexibility index (Phi) is 17.7. The van der Waals surface area contributed by atoms with Crippen molar-refractivity contribution in [1.82, 2.24) is 15.2 Å². The number of rotatable bonds is 22. The molecule has 11 heteroatoms. The fraction of sp³-hybridized carbons (Fsp3) is 0.600. The van der Waals surface area contributed by atoms with E-state index in [1.807, 2.05) is 42.5 Å². The van der Waals surface area contributed by atoms with E-state index in [-0.39, 0.29) is 5.82 Å². The lowest BCUT2D eigenvalue weighted by Crippen LogP contribution is -2.58. The molecule has 0 saturated carbocycles. The zero-order valence-electron chi connectivity index (χ0n) is 30.9. The minimum absolute atomic E-state index is 0.176. The van der Waals surface area contributed by atoms with Crippen molar-refractivity contribution in [2.45, 2.75) is 115 Å². The van der Waals surface area contributed by atoms with Gasteiger partial charge in [0.2, 0.25) is 0 Å². The van der Waals surface area contributed by atoms with E-state index in [2.05, 4.69) is 37.9 Å². The molecule has 4 rings (SSSR count). The van der Waals surface area contributed by atoms with Crippen LogP contribution in [-0.4, -0.2) is 85.7 Å². The van der Waals surface area contributed by atoms with Crippen LogP contribution in [0.2, 0.25) is 5.02 Å². The van der Waals surface area contributed by atoms with Gasteiger partial charge in [-0.15, -0.1) is 5.10 Å². The molecule has 1 aliphatic heterocycles. The van der Waals surface area contributed by atoms with Crippen molar-refractivity contribution in [2.75, 3.05) is 40.1 Å². The minimum Gasteiger partial charge on any atom is -0.468 e. The molecule has 0 amide bonds. The molecule has 1 aromatic heterocycles. The summed E-state index contributed by atoms with van der Waals surface area (Å²) in [6.45, 7) is 11.2. The molecule has 280 valence electrons. The lowest BCUT2D eigenvalue weighted by atomic mass is 9.88. The number of methoxy groups -OCH3 is 1. The lowest BCUT2D eigenvalue weighted by molar-refractivity contribution is -0.268. The van der Waals surface area contributed by atoms with Crippen molar-refractivity contribution in [1.29, 1.82) is 0 Å². The number of halogens is 1. The van der Waals surface area contributed by atoms with E-state index in [0.717, 1.165) is 62.5 Å². The van der Waals surface area contributed by atoms with Crippen LogP contribution >= 0.6 is 11.6 Å². The Morgan fingerprint density at radius 3 is 2.10 bits per heavy atom.